The zero-order chi connectivity index (χ0) is 13.1. The molecular weight excluding hydrogens is 296 g/mol. The van der Waals surface area contributed by atoms with Gasteiger partial charge >= 0.3 is 6.03 Å². The fraction of sp³-hybridized carbons (Fsp3) is 0.500. The van der Waals surface area contributed by atoms with E-state index in [1.54, 1.807) is 4.90 Å². The lowest BCUT2D eigenvalue weighted by atomic mass is 10.1. The number of rotatable bonds is 2. The van der Waals surface area contributed by atoms with Crippen molar-refractivity contribution in [1.82, 2.24) is 9.88 Å². The van der Waals surface area contributed by atoms with E-state index in [0.29, 0.717) is 6.04 Å². The number of urea groups is 1. The van der Waals surface area contributed by atoms with Crippen LogP contribution in [0.1, 0.15) is 18.4 Å². The number of amides is 2. The first kappa shape index (κ1) is 13.1. The molecule has 0 unspecified atom stereocenters. The van der Waals surface area contributed by atoms with Gasteiger partial charge in [-0.05, 0) is 47.3 Å². The number of nitrogens with two attached hydrogens (primary N) is 1. The fourth-order valence-electron chi connectivity index (χ4n) is 2.12. The molecule has 0 aliphatic carbocycles. The van der Waals surface area contributed by atoms with E-state index < -0.39 is 0 Å². The molecule has 1 fully saturated rings. The van der Waals surface area contributed by atoms with Gasteiger partial charge in [0.05, 0.1) is 11.9 Å². The molecule has 1 aliphatic heterocycles. The molecular formula is C12H17BrN4O. The average Bonchev–Trinajstić information content (AvgIpc) is 2.34. The van der Waals surface area contributed by atoms with Gasteiger partial charge in [-0.15, -0.1) is 0 Å². The first-order chi connectivity index (χ1) is 8.56. The molecule has 0 radical (unpaired) electrons. The predicted octanol–water partition coefficient (Wildman–Crippen LogP) is 2.11. The predicted molar refractivity (Wildman–Crippen MR) is 74.5 cm³/mol. The molecule has 6 heteroatoms. The van der Waals surface area contributed by atoms with Crippen molar-refractivity contribution in [3.8, 4) is 0 Å². The van der Waals surface area contributed by atoms with Gasteiger partial charge in [0.15, 0.2) is 0 Å². The summed E-state index contributed by atoms with van der Waals surface area (Å²) in [5.74, 6) is 0. The zero-order valence-electron chi connectivity index (χ0n) is 10.3. The highest BCUT2D eigenvalue weighted by Gasteiger charge is 2.21. The molecule has 1 aliphatic rings. The summed E-state index contributed by atoms with van der Waals surface area (Å²) < 4.78 is 0.872. The minimum Gasteiger partial charge on any atom is -0.381 e. The summed E-state index contributed by atoms with van der Waals surface area (Å²) in [5.41, 5.74) is 7.38. The highest BCUT2D eigenvalue weighted by molar-refractivity contribution is 9.10. The molecule has 1 saturated heterocycles. The second kappa shape index (κ2) is 5.56. The number of anilines is 1. The van der Waals surface area contributed by atoms with E-state index in [1.165, 1.54) is 0 Å². The minimum absolute atomic E-state index is 0.324. The third kappa shape index (κ3) is 3.13. The number of halogens is 1. The van der Waals surface area contributed by atoms with E-state index in [-0.39, 0.29) is 6.03 Å². The number of aromatic nitrogens is 1. The van der Waals surface area contributed by atoms with Crippen LogP contribution in [0.5, 0.6) is 0 Å². The van der Waals surface area contributed by atoms with Crippen LogP contribution in [-0.2, 0) is 0 Å². The summed E-state index contributed by atoms with van der Waals surface area (Å²) in [4.78, 5) is 17.0. The van der Waals surface area contributed by atoms with E-state index in [1.807, 2.05) is 13.1 Å². The molecule has 0 bridgehead atoms. The number of nitrogens with one attached hydrogen (secondary N) is 1. The normalized spacial score (nSPS) is 16.7. The number of carbonyl (C=O) groups is 1. The van der Waals surface area contributed by atoms with E-state index >= 15 is 0 Å². The molecule has 0 atom stereocenters. The van der Waals surface area contributed by atoms with Gasteiger partial charge in [-0.3, -0.25) is 0 Å². The van der Waals surface area contributed by atoms with Crippen LogP contribution in [0.4, 0.5) is 10.5 Å². The number of piperidine rings is 1. The maximum atomic E-state index is 11.0. The largest absolute Gasteiger partial charge is 0.381 e. The molecule has 5 nitrogen and oxygen atoms in total. The molecule has 0 saturated carbocycles. The summed E-state index contributed by atoms with van der Waals surface area (Å²) in [6.07, 6.45) is 3.65. The Labute approximate surface area is 115 Å². The summed E-state index contributed by atoms with van der Waals surface area (Å²) >= 11 is 3.38. The Kier molecular flexibility index (Phi) is 4.06. The average molecular weight is 313 g/mol. The maximum Gasteiger partial charge on any atom is 0.314 e. The van der Waals surface area contributed by atoms with E-state index in [2.05, 4.69) is 32.3 Å². The van der Waals surface area contributed by atoms with Crippen LogP contribution in [0.3, 0.4) is 0 Å². The standard InChI is InChI=1S/C12H17BrN4O/c1-8-6-10(7-15-11(8)13)16-9-2-4-17(5-3-9)12(14)18/h6-7,9,16H,2-5H2,1H3,(H2,14,18). The molecule has 2 heterocycles. The van der Waals surface area contributed by atoms with Gasteiger partial charge in [0.1, 0.15) is 4.60 Å². The van der Waals surface area contributed by atoms with Gasteiger partial charge in [-0.2, -0.15) is 0 Å². The number of carbonyl (C=O) groups excluding carboxylic acids is 1. The van der Waals surface area contributed by atoms with Gasteiger partial charge in [0.25, 0.3) is 0 Å². The highest BCUT2D eigenvalue weighted by Crippen LogP contribution is 2.20. The van der Waals surface area contributed by atoms with Crippen LogP contribution in [0.2, 0.25) is 0 Å². The van der Waals surface area contributed by atoms with Crippen LogP contribution in [0.15, 0.2) is 16.9 Å². The molecule has 1 aromatic heterocycles. The van der Waals surface area contributed by atoms with E-state index in [0.717, 1.165) is 41.8 Å². The number of pyridine rings is 1. The quantitative estimate of drug-likeness (QED) is 0.822. The van der Waals surface area contributed by atoms with Crippen LogP contribution >= 0.6 is 15.9 Å². The van der Waals surface area contributed by atoms with Crippen LogP contribution in [0, 0.1) is 6.92 Å². The summed E-state index contributed by atoms with van der Waals surface area (Å²) in [7, 11) is 0. The van der Waals surface area contributed by atoms with Crippen molar-refractivity contribution in [2.45, 2.75) is 25.8 Å². The smallest absolute Gasteiger partial charge is 0.314 e. The summed E-state index contributed by atoms with van der Waals surface area (Å²) in [6, 6.07) is 2.12. The van der Waals surface area contributed by atoms with Crippen molar-refractivity contribution >= 4 is 27.6 Å². The number of hydrogen-bond donors (Lipinski definition) is 2. The first-order valence-electron chi connectivity index (χ1n) is 5.99. The van der Waals surface area contributed by atoms with Gasteiger partial charge in [0.2, 0.25) is 0 Å². The lowest BCUT2D eigenvalue weighted by Gasteiger charge is -2.31. The first-order valence-corrected chi connectivity index (χ1v) is 6.78. The van der Waals surface area contributed by atoms with E-state index in [9.17, 15) is 4.79 Å². The number of hydrogen-bond acceptors (Lipinski definition) is 3. The van der Waals surface area contributed by atoms with Crippen LogP contribution in [0.25, 0.3) is 0 Å². The molecule has 0 aromatic carbocycles. The molecule has 2 rings (SSSR count). The molecule has 18 heavy (non-hydrogen) atoms. The van der Waals surface area contributed by atoms with Crippen molar-refractivity contribution in [3.63, 3.8) is 0 Å². The monoisotopic (exact) mass is 312 g/mol. The third-order valence-electron chi connectivity index (χ3n) is 3.19. The Morgan fingerprint density at radius 2 is 2.22 bits per heavy atom. The van der Waals surface area contributed by atoms with Crippen LogP contribution < -0.4 is 11.1 Å². The molecule has 98 valence electrons. The van der Waals surface area contributed by atoms with Gasteiger partial charge in [0, 0.05) is 19.1 Å². The minimum atomic E-state index is -0.324. The van der Waals surface area contributed by atoms with Gasteiger partial charge in [-0.1, -0.05) is 0 Å². The number of aryl methyl sites for hydroxylation is 1. The number of nitrogens with zero attached hydrogens (tertiary/aromatic N) is 2. The molecule has 2 amide bonds. The molecule has 1 aromatic rings. The van der Waals surface area contributed by atoms with Crippen molar-refractivity contribution < 1.29 is 4.79 Å². The van der Waals surface area contributed by atoms with E-state index in [4.69, 9.17) is 5.73 Å². The Hall–Kier alpha value is -1.30. The third-order valence-corrected chi connectivity index (χ3v) is 4.02. The Balaban J connectivity index is 1.91. The maximum absolute atomic E-state index is 11.0. The Bertz CT molecular complexity index is 444. The second-order valence-corrected chi connectivity index (χ2v) is 5.33. The lowest BCUT2D eigenvalue weighted by Crippen LogP contribution is -2.44. The Morgan fingerprint density at radius 3 is 2.78 bits per heavy atom. The van der Waals surface area contributed by atoms with Crippen molar-refractivity contribution in [3.05, 3.63) is 22.4 Å². The summed E-state index contributed by atoms with van der Waals surface area (Å²) in [5, 5.41) is 3.45. The highest BCUT2D eigenvalue weighted by atomic mass is 79.9. The van der Waals surface area contributed by atoms with Gasteiger partial charge < -0.3 is 16.0 Å². The van der Waals surface area contributed by atoms with Gasteiger partial charge in [-0.25, -0.2) is 9.78 Å². The topological polar surface area (TPSA) is 71.2 Å². The lowest BCUT2D eigenvalue weighted by molar-refractivity contribution is 0.193. The van der Waals surface area contributed by atoms with Crippen molar-refractivity contribution in [1.29, 1.82) is 0 Å². The molecule has 3 N–H and O–H groups in total. The fourth-order valence-corrected chi connectivity index (χ4v) is 2.33. The second-order valence-electron chi connectivity index (χ2n) is 4.58. The van der Waals surface area contributed by atoms with Crippen LogP contribution in [-0.4, -0.2) is 35.0 Å². The SMILES string of the molecule is Cc1cc(NC2CCN(C(N)=O)CC2)cnc1Br. The number of primary amides is 1. The Morgan fingerprint density at radius 1 is 1.56 bits per heavy atom. The van der Waals surface area contributed by atoms with Crippen molar-refractivity contribution in [2.24, 2.45) is 5.73 Å². The zero-order valence-corrected chi connectivity index (χ0v) is 11.9. The van der Waals surface area contributed by atoms with Crippen molar-refractivity contribution in [2.75, 3.05) is 18.4 Å². The number of likely N-dealkylation sites (tertiary alicyclic amines) is 1. The summed E-state index contributed by atoms with van der Waals surface area (Å²) in [6.45, 7) is 3.45. The molecule has 0 spiro atoms.